The van der Waals surface area contributed by atoms with Gasteiger partial charge in [-0.25, -0.2) is 4.79 Å². The van der Waals surface area contributed by atoms with E-state index >= 15 is 0 Å². The fourth-order valence-electron chi connectivity index (χ4n) is 2.23. The number of nitrogens with one attached hydrogen (secondary N) is 1. The number of hydrogen-bond acceptors (Lipinski definition) is 4. The van der Waals surface area contributed by atoms with E-state index in [1.54, 1.807) is 0 Å². The molecule has 0 saturated heterocycles. The minimum Gasteiger partial charge on any atom is -0.505 e. The molecule has 96 valence electrons. The van der Waals surface area contributed by atoms with Gasteiger partial charge in [-0.2, -0.15) is 0 Å². The SMILES string of the molecule is O=C(NC1(C(=O)O)CCCC1)c1ccncc1O. The molecule has 1 amide bonds. The first-order valence-electron chi connectivity index (χ1n) is 5.74. The maximum Gasteiger partial charge on any atom is 0.329 e. The number of carbonyl (C=O) groups excluding carboxylic acids is 1. The van der Waals surface area contributed by atoms with Crippen LogP contribution in [0.2, 0.25) is 0 Å². The molecule has 1 saturated carbocycles. The van der Waals surface area contributed by atoms with E-state index < -0.39 is 17.4 Å². The molecule has 0 spiro atoms. The molecule has 0 aliphatic heterocycles. The molecule has 0 bridgehead atoms. The topological polar surface area (TPSA) is 99.5 Å². The van der Waals surface area contributed by atoms with Gasteiger partial charge in [0, 0.05) is 6.20 Å². The van der Waals surface area contributed by atoms with Crippen molar-refractivity contribution >= 4 is 11.9 Å². The number of carboxylic acid groups (broad SMARTS) is 1. The summed E-state index contributed by atoms with van der Waals surface area (Å²) in [5, 5.41) is 21.3. The number of hydrogen-bond donors (Lipinski definition) is 3. The van der Waals surface area contributed by atoms with Crippen molar-refractivity contribution in [3.63, 3.8) is 0 Å². The van der Waals surface area contributed by atoms with Gasteiger partial charge in [0.15, 0.2) is 0 Å². The molecular weight excluding hydrogens is 236 g/mol. The zero-order valence-electron chi connectivity index (χ0n) is 9.72. The molecule has 1 aromatic rings. The number of carbonyl (C=O) groups is 2. The Bertz CT molecular complexity index is 481. The predicted octanol–water partition coefficient (Wildman–Crippen LogP) is 0.914. The molecule has 6 heteroatoms. The monoisotopic (exact) mass is 250 g/mol. The Kier molecular flexibility index (Phi) is 3.18. The van der Waals surface area contributed by atoms with Gasteiger partial charge in [0.1, 0.15) is 11.3 Å². The zero-order chi connectivity index (χ0) is 13.2. The first-order valence-corrected chi connectivity index (χ1v) is 5.74. The Morgan fingerprint density at radius 1 is 1.33 bits per heavy atom. The molecule has 1 aromatic heterocycles. The van der Waals surface area contributed by atoms with E-state index in [2.05, 4.69) is 10.3 Å². The number of nitrogens with zero attached hydrogens (tertiary/aromatic N) is 1. The smallest absolute Gasteiger partial charge is 0.329 e. The summed E-state index contributed by atoms with van der Waals surface area (Å²) in [6.07, 6.45) is 4.90. The van der Waals surface area contributed by atoms with Gasteiger partial charge < -0.3 is 15.5 Å². The van der Waals surface area contributed by atoms with Crippen LogP contribution in [0.25, 0.3) is 0 Å². The Balaban J connectivity index is 2.21. The zero-order valence-corrected chi connectivity index (χ0v) is 9.72. The first kappa shape index (κ1) is 12.3. The highest BCUT2D eigenvalue weighted by atomic mass is 16.4. The number of pyridine rings is 1. The van der Waals surface area contributed by atoms with Crippen LogP contribution in [0, 0.1) is 0 Å². The molecule has 0 aromatic carbocycles. The van der Waals surface area contributed by atoms with Crippen molar-refractivity contribution in [2.75, 3.05) is 0 Å². The highest BCUT2D eigenvalue weighted by Gasteiger charge is 2.42. The fraction of sp³-hybridized carbons (Fsp3) is 0.417. The van der Waals surface area contributed by atoms with E-state index in [1.807, 2.05) is 0 Å². The normalized spacial score (nSPS) is 17.3. The summed E-state index contributed by atoms with van der Waals surface area (Å²) < 4.78 is 0. The molecule has 18 heavy (non-hydrogen) atoms. The van der Waals surface area contributed by atoms with Crippen LogP contribution in [0.15, 0.2) is 18.5 Å². The average Bonchev–Trinajstić information content (AvgIpc) is 2.79. The van der Waals surface area contributed by atoms with Crippen LogP contribution >= 0.6 is 0 Å². The Morgan fingerprint density at radius 2 is 2.00 bits per heavy atom. The molecule has 1 aliphatic rings. The third kappa shape index (κ3) is 2.13. The summed E-state index contributed by atoms with van der Waals surface area (Å²) in [6, 6.07) is 1.36. The van der Waals surface area contributed by atoms with E-state index in [0.717, 1.165) is 19.0 Å². The number of aromatic hydroxyl groups is 1. The quantitative estimate of drug-likeness (QED) is 0.740. The van der Waals surface area contributed by atoms with Crippen LogP contribution in [-0.2, 0) is 4.79 Å². The maximum atomic E-state index is 12.0. The first-order chi connectivity index (χ1) is 8.55. The summed E-state index contributed by atoms with van der Waals surface area (Å²) in [7, 11) is 0. The van der Waals surface area contributed by atoms with Crippen LogP contribution in [-0.4, -0.2) is 32.6 Å². The molecule has 1 fully saturated rings. The lowest BCUT2D eigenvalue weighted by atomic mass is 9.97. The van der Waals surface area contributed by atoms with E-state index in [9.17, 15) is 19.8 Å². The highest BCUT2D eigenvalue weighted by molar-refractivity contribution is 5.99. The van der Waals surface area contributed by atoms with Crippen LogP contribution in [0.5, 0.6) is 5.75 Å². The van der Waals surface area contributed by atoms with Gasteiger partial charge in [0.05, 0.1) is 11.8 Å². The third-order valence-electron chi connectivity index (χ3n) is 3.26. The molecule has 6 nitrogen and oxygen atoms in total. The highest BCUT2D eigenvalue weighted by Crippen LogP contribution is 2.30. The van der Waals surface area contributed by atoms with Crippen molar-refractivity contribution in [1.29, 1.82) is 0 Å². The largest absolute Gasteiger partial charge is 0.505 e. The number of aromatic nitrogens is 1. The summed E-state index contributed by atoms with van der Waals surface area (Å²) in [4.78, 5) is 26.9. The van der Waals surface area contributed by atoms with Gasteiger partial charge in [0.2, 0.25) is 0 Å². The lowest BCUT2D eigenvalue weighted by Crippen LogP contribution is -2.52. The van der Waals surface area contributed by atoms with Gasteiger partial charge in [-0.15, -0.1) is 0 Å². The minimum absolute atomic E-state index is 0.0394. The van der Waals surface area contributed by atoms with Gasteiger partial charge in [0.25, 0.3) is 5.91 Å². The van der Waals surface area contributed by atoms with Crippen molar-refractivity contribution in [3.05, 3.63) is 24.0 Å². The second-order valence-corrected chi connectivity index (χ2v) is 4.44. The number of carboxylic acids is 1. The molecule has 1 aliphatic carbocycles. The van der Waals surface area contributed by atoms with E-state index in [1.165, 1.54) is 12.3 Å². The molecule has 0 unspecified atom stereocenters. The van der Waals surface area contributed by atoms with E-state index in [4.69, 9.17) is 0 Å². The number of rotatable bonds is 3. The van der Waals surface area contributed by atoms with Crippen molar-refractivity contribution in [1.82, 2.24) is 10.3 Å². The van der Waals surface area contributed by atoms with Crippen molar-refractivity contribution in [3.8, 4) is 5.75 Å². The number of aliphatic carboxylic acids is 1. The summed E-state index contributed by atoms with van der Waals surface area (Å²) in [5.74, 6) is -1.87. The molecule has 2 rings (SSSR count). The van der Waals surface area contributed by atoms with Gasteiger partial charge in [-0.05, 0) is 18.9 Å². The maximum absolute atomic E-state index is 12.0. The van der Waals surface area contributed by atoms with Crippen molar-refractivity contribution in [2.24, 2.45) is 0 Å². The molecule has 3 N–H and O–H groups in total. The predicted molar refractivity (Wildman–Crippen MR) is 62.2 cm³/mol. The molecule has 0 radical (unpaired) electrons. The molecule has 1 heterocycles. The van der Waals surface area contributed by atoms with Crippen molar-refractivity contribution in [2.45, 2.75) is 31.2 Å². The number of amides is 1. The second-order valence-electron chi connectivity index (χ2n) is 4.44. The van der Waals surface area contributed by atoms with E-state index in [-0.39, 0.29) is 11.3 Å². The summed E-state index contributed by atoms with van der Waals surface area (Å²) in [5.41, 5.74) is -1.16. The van der Waals surface area contributed by atoms with Gasteiger partial charge in [-0.1, -0.05) is 12.8 Å². The van der Waals surface area contributed by atoms with Crippen LogP contribution < -0.4 is 5.32 Å². The van der Waals surface area contributed by atoms with Crippen LogP contribution in [0.1, 0.15) is 36.0 Å². The Hall–Kier alpha value is -2.11. The van der Waals surface area contributed by atoms with Crippen molar-refractivity contribution < 1.29 is 19.8 Å². The second kappa shape index (κ2) is 4.64. The third-order valence-corrected chi connectivity index (χ3v) is 3.26. The Morgan fingerprint density at radius 3 is 2.56 bits per heavy atom. The fourth-order valence-corrected chi connectivity index (χ4v) is 2.23. The lowest BCUT2D eigenvalue weighted by Gasteiger charge is -2.25. The average molecular weight is 250 g/mol. The summed E-state index contributed by atoms with van der Waals surface area (Å²) in [6.45, 7) is 0. The minimum atomic E-state index is -1.20. The van der Waals surface area contributed by atoms with E-state index in [0.29, 0.717) is 12.8 Å². The van der Waals surface area contributed by atoms with Gasteiger partial charge in [-0.3, -0.25) is 9.78 Å². The standard InChI is InChI=1S/C12H14N2O4/c15-9-7-13-6-3-8(9)10(16)14-12(11(17)18)4-1-2-5-12/h3,6-7,15H,1-2,4-5H2,(H,14,16)(H,17,18). The molecular formula is C12H14N2O4. The summed E-state index contributed by atoms with van der Waals surface area (Å²) >= 11 is 0. The van der Waals surface area contributed by atoms with Crippen LogP contribution in [0.4, 0.5) is 0 Å². The van der Waals surface area contributed by atoms with Crippen LogP contribution in [0.3, 0.4) is 0 Å². The lowest BCUT2D eigenvalue weighted by molar-refractivity contribution is -0.144. The van der Waals surface area contributed by atoms with Gasteiger partial charge >= 0.3 is 5.97 Å². The Labute approximate surface area is 104 Å². The molecule has 0 atom stereocenters.